The number of rotatable bonds is 3. The number of nitrogens with one attached hydrogen (secondary N) is 2. The third-order valence-corrected chi connectivity index (χ3v) is 3.86. The van der Waals surface area contributed by atoms with Gasteiger partial charge in [-0.1, -0.05) is 6.07 Å². The van der Waals surface area contributed by atoms with Gasteiger partial charge in [0.05, 0.1) is 23.5 Å². The van der Waals surface area contributed by atoms with E-state index in [2.05, 4.69) is 43.3 Å². The van der Waals surface area contributed by atoms with Gasteiger partial charge >= 0.3 is 0 Å². The SMILES string of the molecule is CNC(c1ccc2c(c1)ncn2C)N1CCNCC1. The fraction of sp³-hybridized carbons (Fsp3) is 0.500. The molecule has 2 aromatic rings. The Balaban J connectivity index is 1.91. The highest BCUT2D eigenvalue weighted by atomic mass is 15.3. The van der Waals surface area contributed by atoms with E-state index in [1.807, 2.05) is 20.4 Å². The number of aromatic nitrogens is 2. The predicted octanol–water partition coefficient (Wildman–Crippen LogP) is 0.696. The Labute approximate surface area is 113 Å². The lowest BCUT2D eigenvalue weighted by Crippen LogP contribution is -2.48. The van der Waals surface area contributed by atoms with Crippen LogP contribution in [0.1, 0.15) is 11.7 Å². The minimum Gasteiger partial charge on any atom is -0.334 e. The summed E-state index contributed by atoms with van der Waals surface area (Å²) in [5, 5.41) is 6.82. The van der Waals surface area contributed by atoms with Crippen LogP contribution in [0.2, 0.25) is 0 Å². The van der Waals surface area contributed by atoms with E-state index in [9.17, 15) is 0 Å². The Kier molecular flexibility index (Phi) is 3.50. The first kappa shape index (κ1) is 12.6. The van der Waals surface area contributed by atoms with E-state index >= 15 is 0 Å². The Bertz CT molecular complexity index is 556. The average molecular weight is 259 g/mol. The van der Waals surface area contributed by atoms with Crippen molar-refractivity contribution < 1.29 is 0 Å². The van der Waals surface area contributed by atoms with Crippen LogP contribution in [0, 0.1) is 0 Å². The monoisotopic (exact) mass is 259 g/mol. The summed E-state index contributed by atoms with van der Waals surface area (Å²) >= 11 is 0. The third-order valence-electron chi connectivity index (χ3n) is 3.86. The average Bonchev–Trinajstić information content (AvgIpc) is 2.82. The first-order valence-corrected chi connectivity index (χ1v) is 6.82. The molecule has 5 heteroatoms. The molecule has 19 heavy (non-hydrogen) atoms. The van der Waals surface area contributed by atoms with Crippen LogP contribution in [-0.2, 0) is 7.05 Å². The van der Waals surface area contributed by atoms with Gasteiger partial charge in [0.1, 0.15) is 0 Å². The van der Waals surface area contributed by atoms with Gasteiger partial charge in [-0.25, -0.2) is 4.98 Å². The van der Waals surface area contributed by atoms with Crippen LogP contribution in [0.5, 0.6) is 0 Å². The molecule has 102 valence electrons. The minimum atomic E-state index is 0.272. The van der Waals surface area contributed by atoms with Crippen molar-refractivity contribution in [2.24, 2.45) is 7.05 Å². The smallest absolute Gasteiger partial charge is 0.0955 e. The number of fused-ring (bicyclic) bond motifs is 1. The summed E-state index contributed by atoms with van der Waals surface area (Å²) in [5.74, 6) is 0. The third kappa shape index (κ3) is 2.36. The van der Waals surface area contributed by atoms with E-state index in [1.165, 1.54) is 11.1 Å². The molecule has 0 radical (unpaired) electrons. The molecule has 0 amide bonds. The van der Waals surface area contributed by atoms with Gasteiger partial charge < -0.3 is 15.2 Å². The second kappa shape index (κ2) is 5.28. The highest BCUT2D eigenvalue weighted by Crippen LogP contribution is 2.22. The molecule has 1 fully saturated rings. The molecule has 1 saturated heterocycles. The van der Waals surface area contributed by atoms with Crippen molar-refractivity contribution in [2.45, 2.75) is 6.17 Å². The molecule has 2 N–H and O–H groups in total. The molecule has 1 atom stereocenters. The molecule has 0 aliphatic carbocycles. The van der Waals surface area contributed by atoms with E-state index in [4.69, 9.17) is 0 Å². The molecule has 1 unspecified atom stereocenters. The van der Waals surface area contributed by atoms with Crippen LogP contribution in [0.4, 0.5) is 0 Å². The number of hydrogen-bond acceptors (Lipinski definition) is 4. The Morgan fingerprint density at radius 1 is 1.32 bits per heavy atom. The maximum absolute atomic E-state index is 4.45. The summed E-state index contributed by atoms with van der Waals surface area (Å²) in [7, 11) is 4.05. The van der Waals surface area contributed by atoms with E-state index in [-0.39, 0.29) is 6.17 Å². The summed E-state index contributed by atoms with van der Waals surface area (Å²) in [4.78, 5) is 6.92. The van der Waals surface area contributed by atoms with E-state index in [0.29, 0.717) is 0 Å². The van der Waals surface area contributed by atoms with Gasteiger partial charge in [0.15, 0.2) is 0 Å². The maximum Gasteiger partial charge on any atom is 0.0955 e. The fourth-order valence-corrected chi connectivity index (χ4v) is 2.82. The zero-order valence-corrected chi connectivity index (χ0v) is 11.6. The first-order chi connectivity index (χ1) is 9.29. The summed E-state index contributed by atoms with van der Waals surface area (Å²) in [6.07, 6.45) is 2.14. The first-order valence-electron chi connectivity index (χ1n) is 6.82. The summed E-state index contributed by atoms with van der Waals surface area (Å²) in [6.45, 7) is 4.27. The Morgan fingerprint density at radius 2 is 2.11 bits per heavy atom. The predicted molar refractivity (Wildman–Crippen MR) is 77.0 cm³/mol. The Morgan fingerprint density at radius 3 is 2.84 bits per heavy atom. The normalized spacial score (nSPS) is 18.8. The second-order valence-electron chi connectivity index (χ2n) is 5.08. The number of benzene rings is 1. The van der Waals surface area contributed by atoms with Gasteiger partial charge in [-0.15, -0.1) is 0 Å². The van der Waals surface area contributed by atoms with Crippen LogP contribution in [0.15, 0.2) is 24.5 Å². The lowest BCUT2D eigenvalue weighted by Gasteiger charge is -2.34. The summed E-state index contributed by atoms with van der Waals surface area (Å²) < 4.78 is 2.05. The molecule has 0 bridgehead atoms. The van der Waals surface area contributed by atoms with Crippen molar-refractivity contribution >= 4 is 11.0 Å². The molecule has 0 saturated carbocycles. The van der Waals surface area contributed by atoms with Gasteiger partial charge in [0.2, 0.25) is 0 Å². The standard InChI is InChI=1S/C14H21N5/c1-15-14(19-7-5-16-6-8-19)11-3-4-13-12(9-11)17-10-18(13)2/h3-4,9-10,14-16H,5-8H2,1-2H3. The minimum absolute atomic E-state index is 0.272. The highest BCUT2D eigenvalue weighted by molar-refractivity contribution is 5.76. The highest BCUT2D eigenvalue weighted by Gasteiger charge is 2.20. The largest absolute Gasteiger partial charge is 0.334 e. The van der Waals surface area contributed by atoms with Crippen molar-refractivity contribution in [3.05, 3.63) is 30.1 Å². The molecule has 1 aromatic carbocycles. The van der Waals surface area contributed by atoms with Crippen LogP contribution < -0.4 is 10.6 Å². The zero-order valence-electron chi connectivity index (χ0n) is 11.6. The van der Waals surface area contributed by atoms with Crippen LogP contribution in [0.3, 0.4) is 0 Å². The molecule has 1 aromatic heterocycles. The summed E-state index contributed by atoms with van der Waals surface area (Å²) in [5.41, 5.74) is 3.53. The van der Waals surface area contributed by atoms with Crippen molar-refractivity contribution in [1.82, 2.24) is 25.1 Å². The topological polar surface area (TPSA) is 45.1 Å². The number of hydrogen-bond donors (Lipinski definition) is 2. The lowest BCUT2D eigenvalue weighted by molar-refractivity contribution is 0.153. The zero-order chi connectivity index (χ0) is 13.2. The van der Waals surface area contributed by atoms with Crippen LogP contribution in [-0.4, -0.2) is 47.7 Å². The fourth-order valence-electron chi connectivity index (χ4n) is 2.82. The Hall–Kier alpha value is -1.43. The van der Waals surface area contributed by atoms with E-state index in [0.717, 1.165) is 31.7 Å². The van der Waals surface area contributed by atoms with Gasteiger partial charge in [-0.2, -0.15) is 0 Å². The van der Waals surface area contributed by atoms with Crippen molar-refractivity contribution in [1.29, 1.82) is 0 Å². The van der Waals surface area contributed by atoms with Crippen molar-refractivity contribution in [2.75, 3.05) is 33.2 Å². The number of imidazole rings is 1. The molecular weight excluding hydrogens is 238 g/mol. The molecule has 2 heterocycles. The lowest BCUT2D eigenvalue weighted by atomic mass is 10.1. The molecule has 3 rings (SSSR count). The number of nitrogens with zero attached hydrogens (tertiary/aromatic N) is 3. The van der Waals surface area contributed by atoms with E-state index < -0.39 is 0 Å². The molecule has 0 spiro atoms. The molecule has 5 nitrogen and oxygen atoms in total. The van der Waals surface area contributed by atoms with Gasteiger partial charge in [-0.05, 0) is 24.7 Å². The van der Waals surface area contributed by atoms with Crippen molar-refractivity contribution in [3.63, 3.8) is 0 Å². The molecule has 1 aliphatic rings. The van der Waals surface area contributed by atoms with Crippen LogP contribution >= 0.6 is 0 Å². The molecular formula is C14H21N5. The van der Waals surface area contributed by atoms with Gasteiger partial charge in [-0.3, -0.25) is 4.90 Å². The van der Waals surface area contributed by atoms with E-state index in [1.54, 1.807) is 0 Å². The number of piperazine rings is 1. The quantitative estimate of drug-likeness (QED) is 0.851. The summed E-state index contributed by atoms with van der Waals surface area (Å²) in [6, 6.07) is 6.55. The van der Waals surface area contributed by atoms with Gasteiger partial charge in [0, 0.05) is 33.2 Å². The van der Waals surface area contributed by atoms with Crippen molar-refractivity contribution in [3.8, 4) is 0 Å². The number of aryl methyl sites for hydroxylation is 1. The van der Waals surface area contributed by atoms with Crippen LogP contribution in [0.25, 0.3) is 11.0 Å². The maximum atomic E-state index is 4.45. The second-order valence-corrected chi connectivity index (χ2v) is 5.08. The molecule has 1 aliphatic heterocycles. The van der Waals surface area contributed by atoms with Gasteiger partial charge in [0.25, 0.3) is 0 Å².